The van der Waals surface area contributed by atoms with Gasteiger partial charge in [0.1, 0.15) is 0 Å². The molecule has 0 N–H and O–H groups in total. The molecule has 1 fully saturated rings. The minimum absolute atomic E-state index is 0.0526. The van der Waals surface area contributed by atoms with Crippen molar-refractivity contribution in [2.75, 3.05) is 6.61 Å². The first-order valence-corrected chi connectivity index (χ1v) is 6.55. The van der Waals surface area contributed by atoms with Crippen molar-refractivity contribution in [2.45, 2.75) is 46.5 Å². The fourth-order valence-corrected chi connectivity index (χ4v) is 3.37. The Bertz CT molecular complexity index is 317. The third-order valence-corrected chi connectivity index (χ3v) is 4.25. The molecule has 0 aromatic rings. The van der Waals surface area contributed by atoms with Crippen LogP contribution < -0.4 is 0 Å². The number of ether oxygens (including phenoxy) is 1. The summed E-state index contributed by atoms with van der Waals surface area (Å²) in [6.45, 7) is 6.95. The highest BCUT2D eigenvalue weighted by Gasteiger charge is 2.38. The Morgan fingerprint density at radius 2 is 2.06 bits per heavy atom. The van der Waals surface area contributed by atoms with Gasteiger partial charge in [-0.1, -0.05) is 19.4 Å². The molecular formula is C14H22O2. The lowest BCUT2D eigenvalue weighted by atomic mass is 9.76. The fraction of sp³-hybridized carbons (Fsp3) is 0.786. The number of carbonyl (C=O) groups is 1. The molecule has 0 heterocycles. The van der Waals surface area contributed by atoms with E-state index in [1.165, 1.54) is 18.4 Å². The molecule has 0 amide bonds. The van der Waals surface area contributed by atoms with Crippen LogP contribution >= 0.6 is 0 Å². The van der Waals surface area contributed by atoms with Crippen molar-refractivity contribution in [3.8, 4) is 0 Å². The lowest BCUT2D eigenvalue weighted by Crippen LogP contribution is -2.23. The molecule has 0 aromatic carbocycles. The van der Waals surface area contributed by atoms with Gasteiger partial charge < -0.3 is 4.74 Å². The molecule has 0 saturated heterocycles. The van der Waals surface area contributed by atoms with Crippen LogP contribution in [0, 0.1) is 17.8 Å². The van der Waals surface area contributed by atoms with E-state index in [1.54, 1.807) is 0 Å². The van der Waals surface area contributed by atoms with Crippen molar-refractivity contribution in [1.29, 1.82) is 0 Å². The van der Waals surface area contributed by atoms with Crippen molar-refractivity contribution in [1.82, 2.24) is 0 Å². The Morgan fingerprint density at radius 1 is 1.31 bits per heavy atom. The van der Waals surface area contributed by atoms with Crippen LogP contribution in [0.15, 0.2) is 11.1 Å². The molecule has 2 aliphatic rings. The van der Waals surface area contributed by atoms with E-state index in [1.807, 2.05) is 6.92 Å². The molecule has 0 spiro atoms. The third-order valence-electron chi connectivity index (χ3n) is 4.25. The molecule has 0 aliphatic heterocycles. The Morgan fingerprint density at radius 3 is 2.75 bits per heavy atom. The maximum absolute atomic E-state index is 11.9. The van der Waals surface area contributed by atoms with Gasteiger partial charge >= 0.3 is 5.97 Å². The van der Waals surface area contributed by atoms with Gasteiger partial charge in [-0.05, 0) is 50.4 Å². The zero-order chi connectivity index (χ0) is 11.7. The van der Waals surface area contributed by atoms with E-state index in [2.05, 4.69) is 13.8 Å². The second kappa shape index (κ2) is 4.60. The second-order valence-corrected chi connectivity index (χ2v) is 5.26. The van der Waals surface area contributed by atoms with Crippen molar-refractivity contribution >= 4 is 5.97 Å². The molecule has 1 saturated carbocycles. The summed E-state index contributed by atoms with van der Waals surface area (Å²) in [7, 11) is 0. The molecule has 0 unspecified atom stereocenters. The zero-order valence-electron chi connectivity index (χ0n) is 10.6. The minimum Gasteiger partial charge on any atom is -0.463 e. The van der Waals surface area contributed by atoms with Gasteiger partial charge in [0.05, 0.1) is 6.61 Å². The molecule has 90 valence electrons. The SMILES string of the molecule is CCOC(=O)C1=C2[C@H](C)CC[C@H]2[C@H](C)CC1. The maximum atomic E-state index is 11.9. The van der Waals surface area contributed by atoms with Gasteiger partial charge in [-0.3, -0.25) is 0 Å². The van der Waals surface area contributed by atoms with Gasteiger partial charge in [0.15, 0.2) is 0 Å². The molecule has 0 radical (unpaired) electrons. The summed E-state index contributed by atoms with van der Waals surface area (Å²) in [5.74, 6) is 1.94. The van der Waals surface area contributed by atoms with Crippen LogP contribution in [0.4, 0.5) is 0 Å². The lowest BCUT2D eigenvalue weighted by Gasteiger charge is -2.29. The van der Waals surface area contributed by atoms with E-state index in [4.69, 9.17) is 4.74 Å². The average molecular weight is 222 g/mol. The predicted octanol–water partition coefficient (Wildman–Crippen LogP) is 3.32. The molecule has 3 atom stereocenters. The Hall–Kier alpha value is -0.790. The number of allylic oxidation sites excluding steroid dienone is 1. The highest BCUT2D eigenvalue weighted by Crippen LogP contribution is 2.47. The van der Waals surface area contributed by atoms with Crippen LogP contribution in [0.1, 0.15) is 46.5 Å². The molecule has 0 bridgehead atoms. The number of carbonyl (C=O) groups excluding carboxylic acids is 1. The molecule has 2 aliphatic carbocycles. The van der Waals surface area contributed by atoms with Crippen molar-refractivity contribution < 1.29 is 9.53 Å². The number of hydrogen-bond acceptors (Lipinski definition) is 2. The smallest absolute Gasteiger partial charge is 0.333 e. The number of esters is 1. The van der Waals surface area contributed by atoms with Crippen molar-refractivity contribution in [3.63, 3.8) is 0 Å². The van der Waals surface area contributed by atoms with Gasteiger partial charge in [-0.2, -0.15) is 0 Å². The standard InChI is InChI=1S/C14H22O2/c1-4-16-14(15)12-8-5-9(2)11-7-6-10(3)13(11)12/h9-11H,4-8H2,1-3H3/t9-,10-,11+/m1/s1. The largest absolute Gasteiger partial charge is 0.463 e. The predicted molar refractivity (Wildman–Crippen MR) is 63.9 cm³/mol. The first kappa shape index (κ1) is 11.7. The number of fused-ring (bicyclic) bond motifs is 1. The van der Waals surface area contributed by atoms with Crippen molar-refractivity contribution in [2.24, 2.45) is 17.8 Å². The van der Waals surface area contributed by atoms with E-state index in [9.17, 15) is 4.79 Å². The monoisotopic (exact) mass is 222 g/mol. The fourth-order valence-electron chi connectivity index (χ4n) is 3.37. The zero-order valence-corrected chi connectivity index (χ0v) is 10.6. The van der Waals surface area contributed by atoms with Gasteiger partial charge in [-0.15, -0.1) is 0 Å². The third kappa shape index (κ3) is 1.90. The van der Waals surface area contributed by atoms with Crippen LogP contribution in [0.3, 0.4) is 0 Å². The van der Waals surface area contributed by atoms with Crippen LogP contribution in [0.5, 0.6) is 0 Å². The van der Waals surface area contributed by atoms with Crippen LogP contribution in [0.25, 0.3) is 0 Å². The van der Waals surface area contributed by atoms with Gasteiger partial charge in [0.2, 0.25) is 0 Å². The summed E-state index contributed by atoms with van der Waals surface area (Å²) in [5, 5.41) is 0. The first-order chi connectivity index (χ1) is 7.65. The summed E-state index contributed by atoms with van der Waals surface area (Å²) in [6, 6.07) is 0. The van der Waals surface area contributed by atoms with E-state index >= 15 is 0 Å². The first-order valence-electron chi connectivity index (χ1n) is 6.55. The molecule has 0 aromatic heterocycles. The summed E-state index contributed by atoms with van der Waals surface area (Å²) >= 11 is 0. The minimum atomic E-state index is -0.0526. The van der Waals surface area contributed by atoms with Gasteiger partial charge in [0.25, 0.3) is 0 Å². The van der Waals surface area contributed by atoms with E-state index in [-0.39, 0.29) is 5.97 Å². The topological polar surface area (TPSA) is 26.3 Å². The second-order valence-electron chi connectivity index (χ2n) is 5.26. The Balaban J connectivity index is 2.29. The highest BCUT2D eigenvalue weighted by molar-refractivity contribution is 5.89. The highest BCUT2D eigenvalue weighted by atomic mass is 16.5. The van der Waals surface area contributed by atoms with E-state index in [0.29, 0.717) is 18.4 Å². The van der Waals surface area contributed by atoms with Crippen LogP contribution in [-0.2, 0) is 9.53 Å². The van der Waals surface area contributed by atoms with Crippen LogP contribution in [0.2, 0.25) is 0 Å². The average Bonchev–Trinajstić information content (AvgIpc) is 2.63. The summed E-state index contributed by atoms with van der Waals surface area (Å²) in [6.07, 6.45) is 4.58. The molecular weight excluding hydrogens is 200 g/mol. The van der Waals surface area contributed by atoms with Crippen molar-refractivity contribution in [3.05, 3.63) is 11.1 Å². The van der Waals surface area contributed by atoms with Gasteiger partial charge in [-0.25, -0.2) is 4.79 Å². The Kier molecular flexibility index (Phi) is 3.36. The van der Waals surface area contributed by atoms with E-state index < -0.39 is 0 Å². The number of hydrogen-bond donors (Lipinski definition) is 0. The Labute approximate surface area is 98.1 Å². The van der Waals surface area contributed by atoms with Gasteiger partial charge in [0, 0.05) is 5.57 Å². The molecule has 2 nitrogen and oxygen atoms in total. The summed E-state index contributed by atoms with van der Waals surface area (Å²) < 4.78 is 5.18. The maximum Gasteiger partial charge on any atom is 0.333 e. The summed E-state index contributed by atoms with van der Waals surface area (Å²) in [5.41, 5.74) is 2.44. The normalized spacial score (nSPS) is 33.8. The summed E-state index contributed by atoms with van der Waals surface area (Å²) in [4.78, 5) is 11.9. The number of rotatable bonds is 2. The lowest BCUT2D eigenvalue weighted by molar-refractivity contribution is -0.139. The molecule has 2 heteroatoms. The van der Waals surface area contributed by atoms with E-state index in [0.717, 1.165) is 24.3 Å². The quantitative estimate of drug-likeness (QED) is 0.670. The van der Waals surface area contributed by atoms with Crippen LogP contribution in [-0.4, -0.2) is 12.6 Å². The molecule has 2 rings (SSSR count). The molecule has 16 heavy (non-hydrogen) atoms.